The predicted molar refractivity (Wildman–Crippen MR) is 76.6 cm³/mol. The van der Waals surface area contributed by atoms with E-state index in [9.17, 15) is 9.59 Å². The van der Waals surface area contributed by atoms with Crippen LogP contribution in [0.2, 0.25) is 0 Å². The number of hydrogen-bond acceptors (Lipinski definition) is 4. The van der Waals surface area contributed by atoms with Gasteiger partial charge in [-0.15, -0.1) is 11.3 Å². The molecule has 1 aliphatic rings. The molecule has 0 aromatic carbocycles. The van der Waals surface area contributed by atoms with Crippen LogP contribution in [0.5, 0.6) is 0 Å². The molecule has 0 saturated carbocycles. The molecule has 5 nitrogen and oxygen atoms in total. The molecule has 1 unspecified atom stereocenters. The van der Waals surface area contributed by atoms with Gasteiger partial charge in [0, 0.05) is 31.6 Å². The Morgan fingerprint density at radius 2 is 2.00 bits per heavy atom. The van der Waals surface area contributed by atoms with Crippen molar-refractivity contribution in [3.63, 3.8) is 0 Å². The molecule has 0 aliphatic carbocycles. The minimum absolute atomic E-state index is 0.0181. The van der Waals surface area contributed by atoms with Gasteiger partial charge in [-0.25, -0.2) is 0 Å². The maximum absolute atomic E-state index is 12.2. The van der Waals surface area contributed by atoms with Crippen LogP contribution in [0, 0.1) is 0 Å². The average Bonchev–Trinajstić information content (AvgIpc) is 2.84. The molecule has 1 aromatic heterocycles. The van der Waals surface area contributed by atoms with E-state index in [0.29, 0.717) is 31.7 Å². The number of carboxylic acids is 1. The number of carbonyl (C=O) groups is 2. The van der Waals surface area contributed by atoms with Crippen molar-refractivity contribution in [3.05, 3.63) is 20.8 Å². The normalized spacial score (nSPS) is 18.3. The monoisotopic (exact) mass is 346 g/mol. The van der Waals surface area contributed by atoms with Gasteiger partial charge in [0.05, 0.1) is 9.35 Å². The van der Waals surface area contributed by atoms with Gasteiger partial charge in [0.15, 0.2) is 0 Å². The molecule has 1 saturated heterocycles. The van der Waals surface area contributed by atoms with E-state index in [-0.39, 0.29) is 5.91 Å². The molecule has 0 bridgehead atoms. The number of piperazine rings is 1. The van der Waals surface area contributed by atoms with E-state index < -0.39 is 12.0 Å². The fourth-order valence-electron chi connectivity index (χ4n) is 2.07. The number of amides is 1. The van der Waals surface area contributed by atoms with E-state index in [0.717, 1.165) is 3.79 Å². The summed E-state index contributed by atoms with van der Waals surface area (Å²) in [4.78, 5) is 26.8. The molecule has 2 heterocycles. The minimum Gasteiger partial charge on any atom is -0.480 e. The molecule has 1 atom stereocenters. The number of thiophene rings is 1. The highest BCUT2D eigenvalue weighted by Crippen LogP contribution is 2.22. The van der Waals surface area contributed by atoms with Crippen molar-refractivity contribution in [3.8, 4) is 0 Å². The molecule has 7 heteroatoms. The summed E-state index contributed by atoms with van der Waals surface area (Å²) >= 11 is 4.83. The average molecular weight is 347 g/mol. The van der Waals surface area contributed by atoms with Crippen molar-refractivity contribution in [1.82, 2.24) is 9.80 Å². The number of carboxylic acid groups (broad SMARTS) is 1. The van der Waals surface area contributed by atoms with Gasteiger partial charge >= 0.3 is 5.97 Å². The summed E-state index contributed by atoms with van der Waals surface area (Å²) in [5, 5.41) is 10.8. The summed E-state index contributed by atoms with van der Waals surface area (Å²) in [6.45, 7) is 4.03. The third kappa shape index (κ3) is 3.34. The first-order valence-electron chi connectivity index (χ1n) is 5.99. The van der Waals surface area contributed by atoms with Crippen LogP contribution in [0.3, 0.4) is 0 Å². The van der Waals surface area contributed by atoms with Crippen molar-refractivity contribution in [2.45, 2.75) is 13.0 Å². The molecular weight excluding hydrogens is 332 g/mol. The predicted octanol–water partition coefficient (Wildman–Crippen LogP) is 1.74. The van der Waals surface area contributed by atoms with Gasteiger partial charge in [0.25, 0.3) is 5.91 Å². The highest BCUT2D eigenvalue weighted by Gasteiger charge is 2.27. The maximum atomic E-state index is 12.2. The Balaban J connectivity index is 1.93. The van der Waals surface area contributed by atoms with Crippen LogP contribution >= 0.6 is 27.3 Å². The maximum Gasteiger partial charge on any atom is 0.320 e. The van der Waals surface area contributed by atoms with Crippen molar-refractivity contribution in [2.75, 3.05) is 26.2 Å². The number of nitrogens with zero attached hydrogens (tertiary/aromatic N) is 2. The lowest BCUT2D eigenvalue weighted by Crippen LogP contribution is -2.53. The van der Waals surface area contributed by atoms with Crippen molar-refractivity contribution >= 4 is 39.1 Å². The zero-order valence-electron chi connectivity index (χ0n) is 10.5. The number of halogens is 1. The van der Waals surface area contributed by atoms with E-state index in [1.54, 1.807) is 11.8 Å². The summed E-state index contributed by atoms with van der Waals surface area (Å²) in [6, 6.07) is 1.33. The van der Waals surface area contributed by atoms with Crippen LogP contribution < -0.4 is 0 Å². The first kappa shape index (κ1) is 14.5. The van der Waals surface area contributed by atoms with Gasteiger partial charge in [0.2, 0.25) is 0 Å². The minimum atomic E-state index is -0.818. The smallest absolute Gasteiger partial charge is 0.320 e. The van der Waals surface area contributed by atoms with Crippen LogP contribution in [0.1, 0.15) is 17.3 Å². The molecule has 19 heavy (non-hydrogen) atoms. The van der Waals surface area contributed by atoms with Gasteiger partial charge in [-0.05, 0) is 28.9 Å². The van der Waals surface area contributed by atoms with E-state index in [4.69, 9.17) is 5.11 Å². The highest BCUT2D eigenvalue weighted by atomic mass is 79.9. The molecule has 1 amide bonds. The first-order chi connectivity index (χ1) is 8.99. The Kier molecular flexibility index (Phi) is 4.59. The molecule has 0 spiro atoms. The van der Waals surface area contributed by atoms with Gasteiger partial charge in [-0.1, -0.05) is 0 Å². The molecular formula is C12H15BrN2O3S. The van der Waals surface area contributed by atoms with Gasteiger partial charge in [-0.2, -0.15) is 0 Å². The zero-order valence-corrected chi connectivity index (χ0v) is 12.9. The number of aliphatic carboxylic acids is 1. The van der Waals surface area contributed by atoms with Crippen LogP contribution in [0.25, 0.3) is 0 Å². The number of hydrogen-bond donors (Lipinski definition) is 1. The molecule has 2 rings (SSSR count). The van der Waals surface area contributed by atoms with Crippen LogP contribution in [0.15, 0.2) is 15.2 Å². The third-order valence-corrected chi connectivity index (χ3v) is 4.83. The zero-order chi connectivity index (χ0) is 14.0. The summed E-state index contributed by atoms with van der Waals surface area (Å²) < 4.78 is 0.939. The summed E-state index contributed by atoms with van der Waals surface area (Å²) in [7, 11) is 0. The lowest BCUT2D eigenvalue weighted by molar-refractivity contribution is -0.143. The highest BCUT2D eigenvalue weighted by molar-refractivity contribution is 9.11. The second-order valence-electron chi connectivity index (χ2n) is 4.48. The summed E-state index contributed by atoms with van der Waals surface area (Å²) in [6.07, 6.45) is 0. The van der Waals surface area contributed by atoms with Gasteiger partial charge in [0.1, 0.15) is 6.04 Å². The molecule has 1 aliphatic heterocycles. The fourth-order valence-corrected chi connectivity index (χ4v) is 3.20. The van der Waals surface area contributed by atoms with Crippen LogP contribution in [0.4, 0.5) is 0 Å². The fraction of sp³-hybridized carbons (Fsp3) is 0.500. The van der Waals surface area contributed by atoms with Crippen molar-refractivity contribution in [2.24, 2.45) is 0 Å². The topological polar surface area (TPSA) is 60.9 Å². The quantitative estimate of drug-likeness (QED) is 0.905. The van der Waals surface area contributed by atoms with E-state index in [2.05, 4.69) is 15.9 Å². The first-order valence-corrected chi connectivity index (χ1v) is 7.66. The summed E-state index contributed by atoms with van der Waals surface area (Å²) in [5.74, 6) is -0.800. The van der Waals surface area contributed by atoms with Gasteiger partial charge in [-0.3, -0.25) is 14.5 Å². The largest absolute Gasteiger partial charge is 0.480 e. The van der Waals surface area contributed by atoms with Crippen LogP contribution in [-0.2, 0) is 4.79 Å². The molecule has 104 valence electrons. The van der Waals surface area contributed by atoms with Crippen LogP contribution in [-0.4, -0.2) is 59.0 Å². The second kappa shape index (κ2) is 6.02. The van der Waals surface area contributed by atoms with E-state index in [1.807, 2.05) is 16.3 Å². The Morgan fingerprint density at radius 1 is 1.37 bits per heavy atom. The molecule has 1 fully saturated rings. The Labute approximate surface area is 123 Å². The Morgan fingerprint density at radius 3 is 2.47 bits per heavy atom. The van der Waals surface area contributed by atoms with E-state index in [1.165, 1.54) is 11.3 Å². The number of rotatable bonds is 3. The Hall–Kier alpha value is -0.920. The SMILES string of the molecule is CC(C(=O)O)N1CCN(C(=O)c2csc(Br)c2)CC1. The standard InChI is InChI=1S/C12H15BrN2O3S/c1-8(12(17)18)14-2-4-15(5-3-14)11(16)9-6-10(13)19-7-9/h6-8H,2-5H2,1H3,(H,17,18). The lowest BCUT2D eigenvalue weighted by atomic mass is 10.2. The van der Waals surface area contributed by atoms with E-state index >= 15 is 0 Å². The van der Waals surface area contributed by atoms with Crippen molar-refractivity contribution < 1.29 is 14.7 Å². The Bertz CT molecular complexity index is 483. The summed E-state index contributed by atoms with van der Waals surface area (Å²) in [5.41, 5.74) is 0.691. The van der Waals surface area contributed by atoms with Gasteiger partial charge < -0.3 is 10.0 Å². The molecule has 0 radical (unpaired) electrons. The lowest BCUT2D eigenvalue weighted by Gasteiger charge is -2.36. The molecule has 1 aromatic rings. The second-order valence-corrected chi connectivity index (χ2v) is 6.77. The number of carbonyl (C=O) groups excluding carboxylic acids is 1. The molecule has 1 N–H and O–H groups in total. The van der Waals surface area contributed by atoms with Crippen molar-refractivity contribution in [1.29, 1.82) is 0 Å². The third-order valence-electron chi connectivity index (χ3n) is 3.32.